The number of aliphatic hydroxyl groups excluding tert-OH is 1. The molecule has 2 heterocycles. The van der Waals surface area contributed by atoms with Gasteiger partial charge in [0, 0.05) is 55.3 Å². The predicted molar refractivity (Wildman–Crippen MR) is 213 cm³/mol. The molecular weight excluding hydrogens is 712 g/mol. The second-order valence-electron chi connectivity index (χ2n) is 14.7. The van der Waals surface area contributed by atoms with Crippen molar-refractivity contribution in [3.8, 4) is 39.8 Å². The molecule has 3 N–H and O–H groups in total. The lowest BCUT2D eigenvalue weighted by Gasteiger charge is -2.42. The number of carbonyl (C=O) groups is 1. The number of aromatic nitrogens is 1. The standard InChI is InChI=1S/C45H45ClN4O5/c1-27-22-50(23-27)42-13-11-33-15-32(10-12-39(33)42)36-7-5-9-38(29(36)3)37-8-4-6-34(28(37)2)26-55-44-17-43(54-25-31-14-30(18-47)19-48-20-31)35(16-40(44)46)21-49-41(24-51)45(52)53/h4-10,12,14-17,19-20,27,41-42,49,51H,11,13,21-26H2,1-3H3,(H,52,53). The van der Waals surface area contributed by atoms with E-state index in [2.05, 4.69) is 84.5 Å². The third-order valence-electron chi connectivity index (χ3n) is 10.9. The van der Waals surface area contributed by atoms with Crippen LogP contribution in [0.1, 0.15) is 63.9 Å². The minimum Gasteiger partial charge on any atom is -0.488 e. The van der Waals surface area contributed by atoms with Crippen LogP contribution < -0.4 is 14.8 Å². The maximum atomic E-state index is 11.5. The minimum absolute atomic E-state index is 0.0623. The third kappa shape index (κ3) is 8.24. The smallest absolute Gasteiger partial charge is 0.323 e. The second-order valence-corrected chi connectivity index (χ2v) is 15.1. The number of aryl methyl sites for hydroxylation is 1. The highest BCUT2D eigenvalue weighted by Gasteiger charge is 2.34. The Morgan fingerprint density at radius 3 is 2.45 bits per heavy atom. The number of halogens is 1. The molecule has 7 rings (SSSR count). The van der Waals surface area contributed by atoms with E-state index in [0.717, 1.165) is 29.0 Å². The summed E-state index contributed by atoms with van der Waals surface area (Å²) in [6, 6.07) is 26.4. The fraction of sp³-hybridized carbons (Fsp3) is 0.311. The van der Waals surface area contributed by atoms with Crippen LogP contribution in [-0.4, -0.2) is 51.8 Å². The first-order chi connectivity index (χ1) is 26.6. The lowest BCUT2D eigenvalue weighted by atomic mass is 9.88. The molecule has 4 aromatic carbocycles. The van der Waals surface area contributed by atoms with Gasteiger partial charge in [-0.3, -0.25) is 20.0 Å². The number of hydrogen-bond acceptors (Lipinski definition) is 8. The van der Waals surface area contributed by atoms with E-state index in [1.807, 2.05) is 12.1 Å². The first kappa shape index (κ1) is 38.1. The number of fused-ring (bicyclic) bond motifs is 1. The van der Waals surface area contributed by atoms with Gasteiger partial charge in [0.1, 0.15) is 36.8 Å². The van der Waals surface area contributed by atoms with Crippen molar-refractivity contribution in [3.05, 3.63) is 135 Å². The van der Waals surface area contributed by atoms with E-state index in [0.29, 0.717) is 39.3 Å². The van der Waals surface area contributed by atoms with Gasteiger partial charge in [-0.1, -0.05) is 73.1 Å². The maximum absolute atomic E-state index is 11.5. The van der Waals surface area contributed by atoms with Gasteiger partial charge in [-0.15, -0.1) is 0 Å². The van der Waals surface area contributed by atoms with Gasteiger partial charge in [-0.05, 0) is 94.8 Å². The largest absolute Gasteiger partial charge is 0.488 e. The highest BCUT2D eigenvalue weighted by Crippen LogP contribution is 2.42. The fourth-order valence-corrected chi connectivity index (χ4v) is 8.12. The van der Waals surface area contributed by atoms with Gasteiger partial charge in [0.15, 0.2) is 0 Å². The molecular formula is C45H45ClN4O5. The Morgan fingerprint density at radius 1 is 0.964 bits per heavy atom. The molecule has 1 aliphatic carbocycles. The van der Waals surface area contributed by atoms with Gasteiger partial charge >= 0.3 is 5.97 Å². The van der Waals surface area contributed by atoms with Crippen LogP contribution in [0, 0.1) is 31.1 Å². The molecule has 10 heteroatoms. The highest BCUT2D eigenvalue weighted by atomic mass is 35.5. The lowest BCUT2D eigenvalue weighted by Crippen LogP contribution is -2.46. The number of hydrogen-bond donors (Lipinski definition) is 3. The van der Waals surface area contributed by atoms with Gasteiger partial charge in [0.2, 0.25) is 0 Å². The molecule has 1 aliphatic heterocycles. The fourth-order valence-electron chi connectivity index (χ4n) is 7.88. The Labute approximate surface area is 327 Å². The molecule has 1 aromatic heterocycles. The molecule has 0 amide bonds. The Morgan fingerprint density at radius 2 is 1.71 bits per heavy atom. The zero-order chi connectivity index (χ0) is 38.6. The summed E-state index contributed by atoms with van der Waals surface area (Å²) in [7, 11) is 0. The molecule has 2 atom stereocenters. The van der Waals surface area contributed by atoms with Crippen molar-refractivity contribution in [3.63, 3.8) is 0 Å². The number of aliphatic hydroxyl groups is 1. The highest BCUT2D eigenvalue weighted by molar-refractivity contribution is 6.32. The molecule has 282 valence electrons. The summed E-state index contributed by atoms with van der Waals surface area (Å²) >= 11 is 6.75. The summed E-state index contributed by atoms with van der Waals surface area (Å²) in [5.41, 5.74) is 12.8. The minimum atomic E-state index is -1.18. The number of nitrogens with one attached hydrogen (secondary N) is 1. The van der Waals surface area contributed by atoms with E-state index in [4.69, 9.17) is 21.1 Å². The number of aliphatic carboxylic acids is 1. The van der Waals surface area contributed by atoms with E-state index in [9.17, 15) is 20.3 Å². The lowest BCUT2D eigenvalue weighted by molar-refractivity contribution is -0.140. The normalized spacial score (nSPS) is 15.9. The number of carboxylic acids is 1. The number of nitrogens with zero attached hydrogens (tertiary/aromatic N) is 3. The van der Waals surface area contributed by atoms with Gasteiger partial charge in [0.05, 0.1) is 17.2 Å². The predicted octanol–water partition coefficient (Wildman–Crippen LogP) is 8.19. The summed E-state index contributed by atoms with van der Waals surface area (Å²) in [5, 5.41) is 31.4. The van der Waals surface area contributed by atoms with Gasteiger partial charge in [0.25, 0.3) is 0 Å². The SMILES string of the molecule is Cc1c(COc2cc(OCc3cncc(C#N)c3)c(CNC(CO)C(=O)O)cc2Cl)cccc1-c1cccc(-c2ccc3c(c2)CCC3N2CC(C)C2)c1C. The van der Waals surface area contributed by atoms with Crippen molar-refractivity contribution >= 4 is 17.6 Å². The molecule has 0 saturated carbocycles. The van der Waals surface area contributed by atoms with Crippen molar-refractivity contribution < 1.29 is 24.5 Å². The van der Waals surface area contributed by atoms with Crippen LogP contribution in [0.4, 0.5) is 0 Å². The quantitative estimate of drug-likeness (QED) is 0.103. The van der Waals surface area contributed by atoms with Crippen molar-refractivity contribution in [2.45, 2.75) is 65.5 Å². The molecule has 5 aromatic rings. The topological polar surface area (TPSA) is 128 Å². The average Bonchev–Trinajstić information content (AvgIpc) is 3.59. The molecule has 55 heavy (non-hydrogen) atoms. The summed E-state index contributed by atoms with van der Waals surface area (Å²) in [5.74, 6) is 0.424. The first-order valence-electron chi connectivity index (χ1n) is 18.7. The molecule has 0 bridgehead atoms. The maximum Gasteiger partial charge on any atom is 0.323 e. The second kappa shape index (κ2) is 16.6. The number of nitriles is 1. The van der Waals surface area contributed by atoms with Crippen molar-refractivity contribution in [1.29, 1.82) is 5.26 Å². The molecule has 0 spiro atoms. The van der Waals surface area contributed by atoms with Crippen LogP contribution >= 0.6 is 11.6 Å². The van der Waals surface area contributed by atoms with Crippen molar-refractivity contribution in [2.75, 3.05) is 19.7 Å². The number of benzene rings is 4. The van der Waals surface area contributed by atoms with E-state index in [1.54, 1.807) is 24.4 Å². The number of rotatable bonds is 14. The molecule has 1 fully saturated rings. The Hall–Kier alpha value is -5.24. The number of likely N-dealkylation sites (tertiary alicyclic amines) is 1. The van der Waals surface area contributed by atoms with Gasteiger partial charge in [-0.2, -0.15) is 5.26 Å². The Balaban J connectivity index is 1.11. The van der Waals surface area contributed by atoms with Crippen LogP contribution in [0.5, 0.6) is 11.5 Å². The summed E-state index contributed by atoms with van der Waals surface area (Å²) in [6.45, 7) is 8.87. The van der Waals surface area contributed by atoms with Crippen LogP contribution in [-0.2, 0) is 31.0 Å². The number of ether oxygens (including phenoxy) is 2. The van der Waals surface area contributed by atoms with Gasteiger partial charge in [-0.25, -0.2) is 0 Å². The Kier molecular flexibility index (Phi) is 11.5. The molecule has 1 saturated heterocycles. The first-order valence-corrected chi connectivity index (χ1v) is 19.1. The van der Waals surface area contributed by atoms with Crippen LogP contribution in [0.15, 0.2) is 85.2 Å². The summed E-state index contributed by atoms with van der Waals surface area (Å²) in [4.78, 5) is 18.3. The van der Waals surface area contributed by atoms with Gasteiger partial charge < -0.3 is 19.7 Å². The number of pyridine rings is 1. The molecule has 0 radical (unpaired) electrons. The van der Waals surface area contributed by atoms with E-state index in [1.165, 1.54) is 59.1 Å². The van der Waals surface area contributed by atoms with Crippen LogP contribution in [0.25, 0.3) is 22.3 Å². The van der Waals surface area contributed by atoms with Crippen molar-refractivity contribution in [2.24, 2.45) is 5.92 Å². The zero-order valence-corrected chi connectivity index (χ0v) is 32.1. The average molecular weight is 757 g/mol. The molecule has 9 nitrogen and oxygen atoms in total. The van der Waals surface area contributed by atoms with Crippen LogP contribution in [0.2, 0.25) is 5.02 Å². The van der Waals surface area contributed by atoms with E-state index >= 15 is 0 Å². The molecule has 2 unspecified atom stereocenters. The van der Waals surface area contributed by atoms with E-state index < -0.39 is 18.6 Å². The summed E-state index contributed by atoms with van der Waals surface area (Å²) < 4.78 is 12.5. The molecule has 2 aliphatic rings. The third-order valence-corrected chi connectivity index (χ3v) is 11.2. The van der Waals surface area contributed by atoms with E-state index in [-0.39, 0.29) is 19.8 Å². The summed E-state index contributed by atoms with van der Waals surface area (Å²) in [6.07, 6.45) is 5.41. The van der Waals surface area contributed by atoms with Crippen molar-refractivity contribution in [1.82, 2.24) is 15.2 Å². The Bertz CT molecular complexity index is 2260. The number of carboxylic acid groups (broad SMARTS) is 1. The van der Waals surface area contributed by atoms with Crippen LogP contribution in [0.3, 0.4) is 0 Å². The monoisotopic (exact) mass is 756 g/mol. The zero-order valence-electron chi connectivity index (χ0n) is 31.3.